The Labute approximate surface area is 83.6 Å². The molecule has 0 aliphatic rings. The molecule has 0 rings (SSSR count). The second-order valence-electron chi connectivity index (χ2n) is 3.12. The van der Waals surface area contributed by atoms with Crippen molar-refractivity contribution in [2.75, 3.05) is 6.61 Å². The van der Waals surface area contributed by atoms with E-state index in [1.54, 1.807) is 6.92 Å². The Morgan fingerprint density at radius 1 is 1.43 bits per heavy atom. The minimum atomic E-state index is -0.619. The summed E-state index contributed by atoms with van der Waals surface area (Å²) in [6, 6.07) is 0. The molecule has 0 unspecified atom stereocenters. The van der Waals surface area contributed by atoms with Crippen LogP contribution in [-0.2, 0) is 9.53 Å². The van der Waals surface area contributed by atoms with E-state index in [2.05, 4.69) is 0 Å². The smallest absolute Gasteiger partial charge is 0.354 e. The van der Waals surface area contributed by atoms with Gasteiger partial charge in [0.15, 0.2) is 0 Å². The highest BCUT2D eigenvalue weighted by Gasteiger charge is 2.17. The lowest BCUT2D eigenvalue weighted by atomic mass is 10.00. The molecule has 0 saturated heterocycles. The number of nitrogens with two attached hydrogens (primary N) is 2. The molecule has 14 heavy (non-hydrogen) atoms. The monoisotopic (exact) mass is 199 g/mol. The number of nitrogens with one attached hydrogen (secondary N) is 1. The van der Waals surface area contributed by atoms with Crippen molar-refractivity contribution in [2.45, 2.75) is 20.8 Å². The fraction of sp³-hybridized carbons (Fsp3) is 0.556. The number of amidine groups is 1. The fourth-order valence-electron chi connectivity index (χ4n) is 1.09. The predicted octanol–water partition coefficient (Wildman–Crippen LogP) is 0.354. The SMILES string of the molecule is CCOC(=O)/C(N)=C(/C(=N)N)C(C)C. The third-order valence-electron chi connectivity index (χ3n) is 1.65. The first-order chi connectivity index (χ1) is 6.41. The highest BCUT2D eigenvalue weighted by Crippen LogP contribution is 2.12. The summed E-state index contributed by atoms with van der Waals surface area (Å²) in [5.74, 6) is -0.881. The van der Waals surface area contributed by atoms with Crippen molar-refractivity contribution < 1.29 is 9.53 Å². The van der Waals surface area contributed by atoms with Crippen LogP contribution < -0.4 is 11.5 Å². The van der Waals surface area contributed by atoms with Gasteiger partial charge in [0.1, 0.15) is 11.5 Å². The van der Waals surface area contributed by atoms with Crippen molar-refractivity contribution in [3.05, 3.63) is 11.3 Å². The van der Waals surface area contributed by atoms with E-state index in [-0.39, 0.29) is 24.1 Å². The minimum absolute atomic E-state index is 0.0723. The van der Waals surface area contributed by atoms with Gasteiger partial charge in [-0.15, -0.1) is 0 Å². The third-order valence-corrected chi connectivity index (χ3v) is 1.65. The van der Waals surface area contributed by atoms with Crippen molar-refractivity contribution in [1.82, 2.24) is 0 Å². The van der Waals surface area contributed by atoms with E-state index in [1.165, 1.54) is 0 Å². The Morgan fingerprint density at radius 2 is 1.93 bits per heavy atom. The highest BCUT2D eigenvalue weighted by molar-refractivity contribution is 6.03. The molecule has 0 bridgehead atoms. The molecular formula is C9H17N3O2. The average molecular weight is 199 g/mol. The first kappa shape index (κ1) is 12.5. The molecule has 80 valence electrons. The average Bonchev–Trinajstić information content (AvgIpc) is 2.03. The zero-order valence-electron chi connectivity index (χ0n) is 8.76. The van der Waals surface area contributed by atoms with Crippen LogP contribution in [0, 0.1) is 11.3 Å². The van der Waals surface area contributed by atoms with E-state index in [9.17, 15) is 4.79 Å². The second-order valence-corrected chi connectivity index (χ2v) is 3.12. The van der Waals surface area contributed by atoms with Crippen LogP contribution in [0.25, 0.3) is 0 Å². The lowest BCUT2D eigenvalue weighted by molar-refractivity contribution is -0.138. The maximum atomic E-state index is 11.2. The molecule has 0 aromatic rings. The van der Waals surface area contributed by atoms with E-state index in [0.29, 0.717) is 5.57 Å². The van der Waals surface area contributed by atoms with Gasteiger partial charge in [-0.25, -0.2) is 4.79 Å². The van der Waals surface area contributed by atoms with Crippen LogP contribution in [-0.4, -0.2) is 18.4 Å². The molecule has 5 nitrogen and oxygen atoms in total. The van der Waals surface area contributed by atoms with E-state index in [0.717, 1.165) is 0 Å². The number of carbonyl (C=O) groups excluding carboxylic acids is 1. The molecule has 0 radical (unpaired) electrons. The van der Waals surface area contributed by atoms with E-state index in [1.807, 2.05) is 13.8 Å². The molecule has 0 aromatic heterocycles. The third kappa shape index (κ3) is 3.08. The first-order valence-corrected chi connectivity index (χ1v) is 4.42. The number of rotatable bonds is 4. The fourth-order valence-corrected chi connectivity index (χ4v) is 1.09. The molecule has 0 heterocycles. The molecule has 0 aromatic carbocycles. The summed E-state index contributed by atoms with van der Waals surface area (Å²) in [6.07, 6.45) is 0. The summed E-state index contributed by atoms with van der Waals surface area (Å²) in [7, 11) is 0. The molecule has 0 amide bonds. The summed E-state index contributed by atoms with van der Waals surface area (Å²) < 4.78 is 4.71. The topological polar surface area (TPSA) is 102 Å². The van der Waals surface area contributed by atoms with E-state index >= 15 is 0 Å². The van der Waals surface area contributed by atoms with E-state index in [4.69, 9.17) is 21.6 Å². The maximum absolute atomic E-state index is 11.2. The minimum Gasteiger partial charge on any atom is -0.461 e. The lowest BCUT2D eigenvalue weighted by Crippen LogP contribution is -2.26. The Kier molecular flexibility index (Phi) is 4.69. The van der Waals surface area contributed by atoms with Gasteiger partial charge in [-0.05, 0) is 12.8 Å². The lowest BCUT2D eigenvalue weighted by Gasteiger charge is -2.12. The standard InChI is InChI=1S/C9H17N3O2/c1-4-14-9(13)7(10)6(5(2)3)8(11)12/h5H,4,10H2,1-3H3,(H3,11,12)/b7-6-. The van der Waals surface area contributed by atoms with Crippen LogP contribution in [0.1, 0.15) is 20.8 Å². The first-order valence-electron chi connectivity index (χ1n) is 4.42. The van der Waals surface area contributed by atoms with Crippen LogP contribution in [0.2, 0.25) is 0 Å². The van der Waals surface area contributed by atoms with Crippen LogP contribution >= 0.6 is 0 Å². The number of ether oxygens (including phenoxy) is 1. The van der Waals surface area contributed by atoms with Crippen LogP contribution in [0.3, 0.4) is 0 Å². The molecule has 5 N–H and O–H groups in total. The Bertz CT molecular complexity index is 269. The summed E-state index contributed by atoms with van der Waals surface area (Å²) in [5.41, 5.74) is 11.1. The molecule has 0 aliphatic heterocycles. The summed E-state index contributed by atoms with van der Waals surface area (Å²) in [5, 5.41) is 7.27. The molecule has 0 atom stereocenters. The molecule has 0 saturated carbocycles. The predicted molar refractivity (Wildman–Crippen MR) is 54.6 cm³/mol. The van der Waals surface area contributed by atoms with Crippen molar-refractivity contribution in [3.63, 3.8) is 0 Å². The summed E-state index contributed by atoms with van der Waals surface area (Å²) >= 11 is 0. The zero-order valence-corrected chi connectivity index (χ0v) is 8.76. The normalized spacial score (nSPS) is 12.3. The van der Waals surface area contributed by atoms with Crippen LogP contribution in [0.5, 0.6) is 0 Å². The number of hydrogen-bond acceptors (Lipinski definition) is 4. The highest BCUT2D eigenvalue weighted by atomic mass is 16.5. The van der Waals surface area contributed by atoms with Crippen molar-refractivity contribution in [3.8, 4) is 0 Å². The Hall–Kier alpha value is -1.52. The van der Waals surface area contributed by atoms with Gasteiger partial charge in [0.25, 0.3) is 0 Å². The van der Waals surface area contributed by atoms with Gasteiger partial charge in [-0.2, -0.15) is 0 Å². The van der Waals surface area contributed by atoms with Crippen molar-refractivity contribution in [2.24, 2.45) is 17.4 Å². The van der Waals surface area contributed by atoms with Crippen LogP contribution in [0.15, 0.2) is 11.3 Å². The molecule has 5 heteroatoms. The number of esters is 1. The summed E-state index contributed by atoms with van der Waals surface area (Å²) in [6.45, 7) is 5.56. The van der Waals surface area contributed by atoms with Gasteiger partial charge in [0.05, 0.1) is 6.61 Å². The van der Waals surface area contributed by atoms with Gasteiger partial charge >= 0.3 is 5.97 Å². The zero-order chi connectivity index (χ0) is 11.3. The van der Waals surface area contributed by atoms with Crippen LogP contribution in [0.4, 0.5) is 0 Å². The Balaban J connectivity index is 5.00. The number of hydrogen-bond donors (Lipinski definition) is 3. The quantitative estimate of drug-likeness (QED) is 0.263. The summed E-state index contributed by atoms with van der Waals surface area (Å²) in [4.78, 5) is 11.2. The molecule has 0 spiro atoms. The largest absolute Gasteiger partial charge is 0.461 e. The van der Waals surface area contributed by atoms with Gasteiger partial charge < -0.3 is 16.2 Å². The maximum Gasteiger partial charge on any atom is 0.354 e. The molecule has 0 fully saturated rings. The van der Waals surface area contributed by atoms with Gasteiger partial charge in [0, 0.05) is 5.57 Å². The second kappa shape index (κ2) is 5.26. The number of carbonyl (C=O) groups is 1. The van der Waals surface area contributed by atoms with Crippen molar-refractivity contribution in [1.29, 1.82) is 5.41 Å². The van der Waals surface area contributed by atoms with Gasteiger partial charge in [0.2, 0.25) is 0 Å². The van der Waals surface area contributed by atoms with Gasteiger partial charge in [-0.3, -0.25) is 5.41 Å². The van der Waals surface area contributed by atoms with E-state index < -0.39 is 5.97 Å². The van der Waals surface area contributed by atoms with Crippen molar-refractivity contribution >= 4 is 11.8 Å². The Morgan fingerprint density at radius 3 is 2.21 bits per heavy atom. The molecule has 0 aliphatic carbocycles. The van der Waals surface area contributed by atoms with Gasteiger partial charge in [-0.1, -0.05) is 13.8 Å². The molecular weight excluding hydrogens is 182 g/mol.